The van der Waals surface area contributed by atoms with Gasteiger partial charge in [-0.05, 0) is 63.3 Å². The first-order chi connectivity index (χ1) is 17.7. The number of benzene rings is 1. The van der Waals surface area contributed by atoms with Crippen LogP contribution in [0.4, 0.5) is 0 Å². The Morgan fingerprint density at radius 2 is 1.76 bits per heavy atom. The van der Waals surface area contributed by atoms with Crippen LogP contribution in [0.25, 0.3) is 0 Å². The zero-order valence-electron chi connectivity index (χ0n) is 21.5. The number of nitrogens with zero attached hydrogens (tertiary/aromatic N) is 2. The number of aromatic hydroxyl groups is 1. The summed E-state index contributed by atoms with van der Waals surface area (Å²) in [5.41, 5.74) is 1.32. The number of halogens is 2. The lowest BCUT2D eigenvalue weighted by atomic mass is 9.56. The van der Waals surface area contributed by atoms with E-state index in [1.54, 1.807) is 12.1 Å². The zero-order valence-corrected chi connectivity index (χ0v) is 23.0. The molecule has 0 bridgehead atoms. The van der Waals surface area contributed by atoms with Gasteiger partial charge >= 0.3 is 0 Å². The number of hydrogen-bond donors (Lipinski definition) is 1. The topological polar surface area (TPSA) is 104 Å². The molecule has 8 nitrogen and oxygen atoms in total. The lowest BCUT2D eigenvalue weighted by Crippen LogP contribution is -2.61. The van der Waals surface area contributed by atoms with E-state index in [2.05, 4.69) is 0 Å². The predicted molar refractivity (Wildman–Crippen MR) is 138 cm³/mol. The molecule has 0 radical (unpaired) electrons. The first-order valence-electron chi connectivity index (χ1n) is 12.7. The minimum absolute atomic E-state index is 0.0427. The number of likely N-dealkylation sites (tertiary alicyclic amines) is 2. The van der Waals surface area contributed by atoms with Gasteiger partial charge in [-0.25, -0.2) is 0 Å². The number of phenols is 1. The molecule has 5 aliphatic rings. The van der Waals surface area contributed by atoms with E-state index in [0.717, 1.165) is 10.5 Å². The second kappa shape index (κ2) is 7.85. The zero-order chi connectivity index (χ0) is 27.5. The molecule has 1 aromatic rings. The van der Waals surface area contributed by atoms with Crippen LogP contribution in [-0.4, -0.2) is 60.9 Å². The van der Waals surface area contributed by atoms with Crippen LogP contribution < -0.4 is 4.74 Å². The van der Waals surface area contributed by atoms with E-state index < -0.39 is 50.8 Å². The van der Waals surface area contributed by atoms with Gasteiger partial charge in [0.2, 0.25) is 11.8 Å². The Hall–Kier alpha value is -2.84. The molecule has 4 amide bonds. The monoisotopic (exact) mass is 558 g/mol. The minimum Gasteiger partial charge on any atom is -0.508 e. The molecule has 1 aromatic carbocycles. The number of phenolic OH excluding ortho intramolecular Hbond substituents is 1. The van der Waals surface area contributed by atoms with Gasteiger partial charge in [-0.15, -0.1) is 23.2 Å². The molecule has 6 atom stereocenters. The number of fused-ring (bicyclic) bond motifs is 5. The largest absolute Gasteiger partial charge is 0.508 e. The molecule has 6 rings (SSSR count). The molecular formula is C28H28Cl2N2O6. The maximum Gasteiger partial charge on any atom is 0.253 e. The molecule has 38 heavy (non-hydrogen) atoms. The van der Waals surface area contributed by atoms with E-state index >= 15 is 0 Å². The predicted octanol–water partition coefficient (Wildman–Crippen LogP) is 3.53. The van der Waals surface area contributed by atoms with E-state index in [1.807, 2.05) is 26.8 Å². The number of ether oxygens (including phenoxy) is 1. The highest BCUT2D eigenvalue weighted by Crippen LogP contribution is 2.64. The summed E-state index contributed by atoms with van der Waals surface area (Å²) in [6.07, 6.45) is 4.00. The summed E-state index contributed by atoms with van der Waals surface area (Å²) in [5.74, 6) is -3.85. The number of amides is 4. The number of allylic oxidation sites excluding steroid dienone is 3. The molecule has 6 unspecified atom stereocenters. The lowest BCUT2D eigenvalue weighted by molar-refractivity contribution is -0.146. The summed E-state index contributed by atoms with van der Waals surface area (Å²) in [4.78, 5) is 53.0. The third-order valence-corrected chi connectivity index (χ3v) is 10.2. The van der Waals surface area contributed by atoms with Crippen molar-refractivity contribution in [2.75, 3.05) is 7.05 Å². The summed E-state index contributed by atoms with van der Waals surface area (Å²) < 4.78 is 5.88. The smallest absolute Gasteiger partial charge is 0.253 e. The van der Waals surface area contributed by atoms with Gasteiger partial charge in [0.15, 0.2) is 9.75 Å². The van der Waals surface area contributed by atoms with Gasteiger partial charge in [0, 0.05) is 30.5 Å². The average Bonchev–Trinajstić information content (AvgIpc) is 3.18. The van der Waals surface area contributed by atoms with Gasteiger partial charge in [0.25, 0.3) is 11.8 Å². The molecule has 2 aliphatic carbocycles. The Labute approximate surface area is 230 Å². The summed E-state index contributed by atoms with van der Waals surface area (Å²) in [6.45, 7) is 5.45. The highest BCUT2D eigenvalue weighted by atomic mass is 35.5. The Kier molecular flexibility index (Phi) is 5.26. The number of alkyl halides is 2. The molecule has 2 saturated heterocycles. The quantitative estimate of drug-likeness (QED) is 0.321. The summed E-state index contributed by atoms with van der Waals surface area (Å²) in [7, 11) is 1.36. The van der Waals surface area contributed by atoms with Crippen molar-refractivity contribution in [2.45, 2.75) is 55.3 Å². The number of carbonyl (C=O) groups excluding carboxylic acids is 4. The van der Waals surface area contributed by atoms with E-state index in [1.165, 1.54) is 24.3 Å². The average molecular weight is 559 g/mol. The fraction of sp³-hybridized carbons (Fsp3) is 0.500. The van der Waals surface area contributed by atoms with Gasteiger partial charge in [0.05, 0.1) is 18.1 Å². The Morgan fingerprint density at radius 1 is 1.05 bits per heavy atom. The SMILES string of the molecule is CN1C(=O)C2(Cl)CC3C(=CCC4C(=O)N(C(C)(C)C)C(=O)C43)C(C3=COc4ccc(O)cc4C3)C2(Cl)C1=O. The molecule has 1 N–H and O–H groups in total. The number of carbonyl (C=O) groups is 4. The fourth-order valence-corrected chi connectivity index (χ4v) is 8.25. The van der Waals surface area contributed by atoms with Crippen molar-refractivity contribution in [1.29, 1.82) is 0 Å². The van der Waals surface area contributed by atoms with E-state index in [0.29, 0.717) is 29.7 Å². The van der Waals surface area contributed by atoms with Crippen LogP contribution in [0.2, 0.25) is 0 Å². The Bertz CT molecular complexity index is 1400. The molecule has 3 heterocycles. The minimum atomic E-state index is -1.85. The molecule has 3 aliphatic heterocycles. The highest BCUT2D eigenvalue weighted by molar-refractivity contribution is 6.53. The van der Waals surface area contributed by atoms with Crippen molar-refractivity contribution in [3.05, 3.63) is 47.2 Å². The van der Waals surface area contributed by atoms with Gasteiger partial charge < -0.3 is 9.84 Å². The van der Waals surface area contributed by atoms with Crippen molar-refractivity contribution in [3.63, 3.8) is 0 Å². The van der Waals surface area contributed by atoms with Crippen molar-refractivity contribution < 1.29 is 29.0 Å². The van der Waals surface area contributed by atoms with Crippen molar-refractivity contribution in [2.24, 2.45) is 23.7 Å². The standard InChI is InChI=1S/C28H28Cl2N2O6/c1-26(2,3)32-22(34)17-7-6-16-18(20(17)23(32)35)11-27(29)24(36)31(4)25(37)28(27,30)21(16)14-9-13-10-15(33)5-8-19(13)38-12-14/h5-6,8,10,12,17-18,20-21,33H,7,9,11H2,1-4H3. The van der Waals surface area contributed by atoms with Crippen LogP contribution in [0.15, 0.2) is 41.7 Å². The molecule has 200 valence electrons. The normalized spacial score (nSPS) is 36.3. The van der Waals surface area contributed by atoms with E-state index in [-0.39, 0.29) is 24.0 Å². The second-order valence-electron chi connectivity index (χ2n) is 12.0. The van der Waals surface area contributed by atoms with E-state index in [9.17, 15) is 24.3 Å². The Morgan fingerprint density at radius 3 is 2.45 bits per heavy atom. The highest BCUT2D eigenvalue weighted by Gasteiger charge is 2.76. The van der Waals surface area contributed by atoms with Gasteiger partial charge in [-0.1, -0.05) is 11.6 Å². The third kappa shape index (κ3) is 3.04. The van der Waals surface area contributed by atoms with Crippen LogP contribution in [0.3, 0.4) is 0 Å². The molecule has 1 saturated carbocycles. The second-order valence-corrected chi connectivity index (χ2v) is 13.2. The molecule has 3 fully saturated rings. The first kappa shape index (κ1) is 25.4. The van der Waals surface area contributed by atoms with Crippen LogP contribution in [-0.2, 0) is 25.6 Å². The summed E-state index contributed by atoms with van der Waals surface area (Å²) >= 11 is 14.4. The van der Waals surface area contributed by atoms with Crippen LogP contribution in [0.5, 0.6) is 11.5 Å². The molecular weight excluding hydrogens is 531 g/mol. The molecule has 0 spiro atoms. The van der Waals surface area contributed by atoms with E-state index in [4.69, 9.17) is 27.9 Å². The number of rotatable bonds is 1. The van der Waals surface area contributed by atoms with Gasteiger partial charge in [-0.3, -0.25) is 29.0 Å². The maximum absolute atomic E-state index is 13.8. The third-order valence-electron chi connectivity index (χ3n) is 8.83. The summed E-state index contributed by atoms with van der Waals surface area (Å²) in [5, 5.41) is 10.1. The van der Waals surface area contributed by atoms with Crippen molar-refractivity contribution in [1.82, 2.24) is 9.80 Å². The lowest BCUT2D eigenvalue weighted by Gasteiger charge is -2.51. The number of imide groups is 2. The molecule has 10 heteroatoms. The summed E-state index contributed by atoms with van der Waals surface area (Å²) in [6, 6.07) is 4.75. The fourth-order valence-electron chi connectivity index (χ4n) is 7.22. The first-order valence-corrected chi connectivity index (χ1v) is 13.4. The maximum atomic E-state index is 13.8. The number of hydrogen-bond acceptors (Lipinski definition) is 6. The van der Waals surface area contributed by atoms with Crippen LogP contribution in [0, 0.1) is 23.7 Å². The van der Waals surface area contributed by atoms with Crippen LogP contribution >= 0.6 is 23.2 Å². The van der Waals surface area contributed by atoms with Gasteiger partial charge in [-0.2, -0.15) is 0 Å². The Balaban J connectivity index is 1.51. The van der Waals surface area contributed by atoms with Crippen molar-refractivity contribution in [3.8, 4) is 11.5 Å². The van der Waals surface area contributed by atoms with Gasteiger partial charge in [0.1, 0.15) is 11.5 Å². The van der Waals surface area contributed by atoms with Crippen LogP contribution in [0.1, 0.15) is 39.2 Å². The molecule has 0 aromatic heterocycles. The van der Waals surface area contributed by atoms with Crippen molar-refractivity contribution >= 4 is 46.8 Å².